The molecule has 1 saturated heterocycles. The van der Waals surface area contributed by atoms with E-state index in [1.807, 2.05) is 27.9 Å². The number of nitrogens with zero attached hydrogens (tertiary/aromatic N) is 3. The molecule has 3 rings (SSSR count). The van der Waals surface area contributed by atoms with Gasteiger partial charge in [-0.2, -0.15) is 11.3 Å². The van der Waals surface area contributed by atoms with E-state index in [4.69, 9.17) is 4.42 Å². The summed E-state index contributed by atoms with van der Waals surface area (Å²) in [6, 6.07) is 1.89. The van der Waals surface area contributed by atoms with Crippen LogP contribution in [-0.2, 0) is 12.0 Å². The van der Waals surface area contributed by atoms with Gasteiger partial charge >= 0.3 is 0 Å². The predicted octanol–water partition coefficient (Wildman–Crippen LogP) is 2.99. The van der Waals surface area contributed by atoms with Crippen molar-refractivity contribution >= 4 is 17.2 Å². The molecule has 0 spiro atoms. The van der Waals surface area contributed by atoms with Crippen molar-refractivity contribution in [3.63, 3.8) is 0 Å². The molecule has 3 heterocycles. The molecule has 1 fully saturated rings. The van der Waals surface area contributed by atoms with E-state index in [2.05, 4.69) is 30.7 Å². The fraction of sp³-hybridized carbons (Fsp3) is 0.529. The van der Waals surface area contributed by atoms with Crippen molar-refractivity contribution in [1.29, 1.82) is 0 Å². The number of thiophene rings is 1. The molecule has 0 saturated carbocycles. The molecule has 1 amide bonds. The standard InChI is InChI=1S/C17H23N3O2S/c1-17(2,3)14-10-18-15(22-14)11-19-5-7-20(8-6-19)16(21)13-4-9-23-12-13/h4,9-10,12H,5-8,11H2,1-3H3. The molecule has 0 unspecified atom stereocenters. The Balaban J connectivity index is 1.53. The minimum Gasteiger partial charge on any atom is -0.444 e. The summed E-state index contributed by atoms with van der Waals surface area (Å²) in [5, 5.41) is 3.86. The smallest absolute Gasteiger partial charge is 0.254 e. The summed E-state index contributed by atoms with van der Waals surface area (Å²) in [6.45, 7) is 10.3. The van der Waals surface area contributed by atoms with Gasteiger partial charge in [-0.1, -0.05) is 20.8 Å². The zero-order chi connectivity index (χ0) is 16.4. The molecule has 0 N–H and O–H groups in total. The Bertz CT molecular complexity index is 650. The Kier molecular flexibility index (Phi) is 4.55. The van der Waals surface area contributed by atoms with Crippen molar-refractivity contribution in [1.82, 2.24) is 14.8 Å². The minimum atomic E-state index is -0.0170. The summed E-state index contributed by atoms with van der Waals surface area (Å²) < 4.78 is 5.85. The fourth-order valence-electron chi connectivity index (χ4n) is 2.60. The van der Waals surface area contributed by atoms with Gasteiger partial charge in [-0.3, -0.25) is 9.69 Å². The summed E-state index contributed by atoms with van der Waals surface area (Å²) in [6.07, 6.45) is 1.83. The molecule has 0 atom stereocenters. The fourth-order valence-corrected chi connectivity index (χ4v) is 3.23. The highest BCUT2D eigenvalue weighted by Crippen LogP contribution is 2.23. The molecule has 0 aliphatic carbocycles. The highest BCUT2D eigenvalue weighted by Gasteiger charge is 2.24. The second-order valence-corrected chi connectivity index (χ2v) is 7.73. The van der Waals surface area contributed by atoms with Gasteiger partial charge in [-0.05, 0) is 11.4 Å². The highest BCUT2D eigenvalue weighted by molar-refractivity contribution is 7.08. The van der Waals surface area contributed by atoms with Gasteiger partial charge in [0.15, 0.2) is 0 Å². The zero-order valence-corrected chi connectivity index (χ0v) is 14.7. The second-order valence-electron chi connectivity index (χ2n) is 6.95. The van der Waals surface area contributed by atoms with Crippen molar-refractivity contribution in [2.24, 2.45) is 0 Å². The third-order valence-corrected chi connectivity index (χ3v) is 4.76. The van der Waals surface area contributed by atoms with Crippen LogP contribution < -0.4 is 0 Å². The van der Waals surface area contributed by atoms with Crippen LogP contribution in [0.15, 0.2) is 27.4 Å². The Morgan fingerprint density at radius 3 is 2.61 bits per heavy atom. The SMILES string of the molecule is CC(C)(C)c1cnc(CN2CCN(C(=O)c3ccsc3)CC2)o1. The first-order valence-electron chi connectivity index (χ1n) is 7.92. The number of hydrogen-bond donors (Lipinski definition) is 0. The van der Waals surface area contributed by atoms with Crippen molar-refractivity contribution < 1.29 is 9.21 Å². The van der Waals surface area contributed by atoms with E-state index in [0.717, 1.165) is 43.4 Å². The maximum absolute atomic E-state index is 12.3. The quantitative estimate of drug-likeness (QED) is 0.866. The lowest BCUT2D eigenvalue weighted by Crippen LogP contribution is -2.48. The van der Waals surface area contributed by atoms with E-state index in [1.165, 1.54) is 0 Å². The molecule has 0 radical (unpaired) electrons. The number of amides is 1. The number of oxazole rings is 1. The predicted molar refractivity (Wildman–Crippen MR) is 90.7 cm³/mol. The van der Waals surface area contributed by atoms with E-state index in [-0.39, 0.29) is 11.3 Å². The number of hydrogen-bond acceptors (Lipinski definition) is 5. The van der Waals surface area contributed by atoms with E-state index >= 15 is 0 Å². The normalized spacial score (nSPS) is 16.7. The summed E-state index contributed by atoms with van der Waals surface area (Å²) in [7, 11) is 0. The Hall–Kier alpha value is -1.66. The van der Waals surface area contributed by atoms with Crippen LogP contribution in [0.4, 0.5) is 0 Å². The van der Waals surface area contributed by atoms with Crippen LogP contribution >= 0.6 is 11.3 Å². The number of carbonyl (C=O) groups is 1. The first kappa shape index (κ1) is 16.2. The number of carbonyl (C=O) groups excluding carboxylic acids is 1. The Morgan fingerprint density at radius 2 is 2.04 bits per heavy atom. The third-order valence-electron chi connectivity index (χ3n) is 4.08. The molecule has 0 aromatic carbocycles. The van der Waals surface area contributed by atoms with Crippen molar-refractivity contribution in [2.75, 3.05) is 26.2 Å². The molecular weight excluding hydrogens is 310 g/mol. The van der Waals surface area contributed by atoms with E-state index in [0.29, 0.717) is 6.54 Å². The van der Waals surface area contributed by atoms with Gasteiger partial charge in [0.2, 0.25) is 5.89 Å². The van der Waals surface area contributed by atoms with Gasteiger partial charge in [-0.25, -0.2) is 4.98 Å². The maximum Gasteiger partial charge on any atom is 0.254 e. The van der Waals surface area contributed by atoms with E-state index in [1.54, 1.807) is 11.3 Å². The molecular formula is C17H23N3O2S. The van der Waals surface area contributed by atoms with Crippen LogP contribution in [0.1, 0.15) is 42.8 Å². The van der Waals surface area contributed by atoms with E-state index in [9.17, 15) is 4.79 Å². The van der Waals surface area contributed by atoms with Crippen molar-refractivity contribution in [3.8, 4) is 0 Å². The Morgan fingerprint density at radius 1 is 1.30 bits per heavy atom. The summed E-state index contributed by atoms with van der Waals surface area (Å²) in [5.41, 5.74) is 0.780. The average molecular weight is 333 g/mol. The zero-order valence-electron chi connectivity index (χ0n) is 13.9. The van der Waals surface area contributed by atoms with Gasteiger partial charge < -0.3 is 9.32 Å². The van der Waals surface area contributed by atoms with Crippen molar-refractivity contribution in [3.05, 3.63) is 40.2 Å². The minimum absolute atomic E-state index is 0.0170. The molecule has 1 aliphatic heterocycles. The van der Waals surface area contributed by atoms with Gasteiger partial charge in [0.1, 0.15) is 5.76 Å². The first-order chi connectivity index (χ1) is 10.9. The largest absolute Gasteiger partial charge is 0.444 e. The summed E-state index contributed by atoms with van der Waals surface area (Å²) in [4.78, 5) is 20.9. The molecule has 0 bridgehead atoms. The molecule has 1 aliphatic rings. The third kappa shape index (κ3) is 3.82. The molecule has 5 nitrogen and oxygen atoms in total. The van der Waals surface area contributed by atoms with Crippen LogP contribution in [0.25, 0.3) is 0 Å². The molecule has 6 heteroatoms. The van der Waals surface area contributed by atoms with Crippen LogP contribution in [-0.4, -0.2) is 46.9 Å². The van der Waals surface area contributed by atoms with Gasteiger partial charge in [0.05, 0.1) is 18.3 Å². The molecule has 2 aromatic rings. The van der Waals surface area contributed by atoms with Crippen LogP contribution in [0.3, 0.4) is 0 Å². The molecule has 124 valence electrons. The topological polar surface area (TPSA) is 49.6 Å². The maximum atomic E-state index is 12.3. The van der Waals surface area contributed by atoms with E-state index < -0.39 is 0 Å². The molecule has 23 heavy (non-hydrogen) atoms. The Labute approximate surface area is 140 Å². The van der Waals surface area contributed by atoms with Gasteiger partial charge in [0, 0.05) is 37.0 Å². The van der Waals surface area contributed by atoms with Gasteiger partial charge in [-0.15, -0.1) is 0 Å². The highest BCUT2D eigenvalue weighted by atomic mass is 32.1. The lowest BCUT2D eigenvalue weighted by molar-refractivity contribution is 0.0617. The van der Waals surface area contributed by atoms with Crippen molar-refractivity contribution in [2.45, 2.75) is 32.7 Å². The van der Waals surface area contributed by atoms with Crippen LogP contribution in [0, 0.1) is 0 Å². The summed E-state index contributed by atoms with van der Waals surface area (Å²) in [5.74, 6) is 1.81. The van der Waals surface area contributed by atoms with Crippen LogP contribution in [0.5, 0.6) is 0 Å². The lowest BCUT2D eigenvalue weighted by Gasteiger charge is -2.33. The van der Waals surface area contributed by atoms with Gasteiger partial charge in [0.25, 0.3) is 5.91 Å². The first-order valence-corrected chi connectivity index (χ1v) is 8.87. The lowest BCUT2D eigenvalue weighted by atomic mass is 9.94. The van der Waals surface area contributed by atoms with Crippen LogP contribution in [0.2, 0.25) is 0 Å². The molecule has 2 aromatic heterocycles. The number of piperazine rings is 1. The monoisotopic (exact) mass is 333 g/mol. The number of rotatable bonds is 3. The summed E-state index contributed by atoms with van der Waals surface area (Å²) >= 11 is 1.56. The average Bonchev–Trinajstić information content (AvgIpc) is 3.18. The second kappa shape index (κ2) is 6.45. The number of aromatic nitrogens is 1.